The molecule has 0 aliphatic rings. The number of carbonyl (C=O) groups is 1. The summed E-state index contributed by atoms with van der Waals surface area (Å²) in [5.41, 5.74) is 3.77. The number of halogens is 3. The van der Waals surface area contributed by atoms with Crippen molar-refractivity contribution in [3.05, 3.63) is 93.6 Å². The van der Waals surface area contributed by atoms with Crippen molar-refractivity contribution in [2.24, 2.45) is 0 Å². The minimum atomic E-state index is 0. The van der Waals surface area contributed by atoms with Crippen LogP contribution in [-0.2, 0) is 6.54 Å². The van der Waals surface area contributed by atoms with Crippen LogP contribution in [0.15, 0.2) is 88.1 Å². The summed E-state index contributed by atoms with van der Waals surface area (Å²) in [7, 11) is 0. The summed E-state index contributed by atoms with van der Waals surface area (Å²) < 4.78 is 6.11. The topological polar surface area (TPSA) is 26.1 Å². The molecule has 0 bridgehead atoms. The first-order valence-corrected chi connectivity index (χ1v) is 9.75. The van der Waals surface area contributed by atoms with Crippen molar-refractivity contribution in [3.8, 4) is 11.3 Å². The molecule has 4 aromatic rings. The molecule has 0 atom stereocenters. The number of carbonyl (C=O) groups excluding carboxylic acids is 1. The molecule has 4 rings (SSSR count). The fourth-order valence-corrected chi connectivity index (χ4v) is 3.53. The number of fused-ring (bicyclic) bond motifs is 1. The van der Waals surface area contributed by atoms with E-state index in [1.54, 1.807) is 0 Å². The molecule has 0 amide bonds. The lowest BCUT2D eigenvalue weighted by Crippen LogP contribution is -3.00. The van der Waals surface area contributed by atoms with Gasteiger partial charge >= 0.3 is 0 Å². The zero-order valence-corrected chi connectivity index (χ0v) is 18.1. The first kappa shape index (κ1) is 19.8. The Morgan fingerprint density at radius 2 is 1.52 bits per heavy atom. The Hall–Kier alpha value is -1.95. The monoisotopic (exact) mass is 504 g/mol. The molecule has 0 aliphatic carbocycles. The summed E-state index contributed by atoms with van der Waals surface area (Å²) in [6.07, 6.45) is 4.06. The maximum atomic E-state index is 12.9. The number of pyridine rings is 1. The molecule has 0 N–H and O–H groups in total. The van der Waals surface area contributed by atoms with Crippen molar-refractivity contribution in [1.29, 1.82) is 0 Å². The third kappa shape index (κ3) is 4.15. The average Bonchev–Trinajstić information content (AvgIpc) is 3.01. The Morgan fingerprint density at radius 1 is 0.889 bits per heavy atom. The number of hydrogen-bond donors (Lipinski definition) is 0. The number of Topliss-reactive ketones (excluding diaryl/α,β-unsaturated/α-hetero) is 1. The van der Waals surface area contributed by atoms with Crippen LogP contribution >= 0.6 is 31.9 Å². The second kappa shape index (κ2) is 8.38. The average molecular weight is 507 g/mol. The molecular formula is C21H15Br2ClN2O. The number of imidazole rings is 1. The van der Waals surface area contributed by atoms with Crippen LogP contribution in [0, 0.1) is 0 Å². The van der Waals surface area contributed by atoms with E-state index in [-0.39, 0.29) is 24.7 Å². The summed E-state index contributed by atoms with van der Waals surface area (Å²) in [4.78, 5) is 12.9. The third-order valence-electron chi connectivity index (χ3n) is 4.30. The van der Waals surface area contributed by atoms with Crippen LogP contribution in [-0.4, -0.2) is 10.4 Å². The third-order valence-corrected chi connectivity index (χ3v) is 5.36. The van der Waals surface area contributed by atoms with E-state index in [1.165, 1.54) is 0 Å². The van der Waals surface area contributed by atoms with E-state index in [2.05, 4.69) is 54.8 Å². The lowest BCUT2D eigenvalue weighted by atomic mass is 10.1. The number of rotatable bonds is 4. The van der Waals surface area contributed by atoms with Gasteiger partial charge in [-0.3, -0.25) is 4.79 Å². The molecule has 0 radical (unpaired) electrons. The standard InChI is InChI=1S/C21H15Br2N2O.ClH/c22-17-8-4-15(5-9-17)19-13-24-12-2-1-3-21(24)25(19)14-20(26)16-6-10-18(23)11-7-16;/h1-13H,14H2;1H/q+1;/p-1. The molecule has 0 aliphatic heterocycles. The minimum Gasteiger partial charge on any atom is -1.00 e. The van der Waals surface area contributed by atoms with E-state index >= 15 is 0 Å². The van der Waals surface area contributed by atoms with Gasteiger partial charge in [-0.1, -0.05) is 50.1 Å². The van der Waals surface area contributed by atoms with Gasteiger partial charge in [0.25, 0.3) is 5.65 Å². The Balaban J connectivity index is 0.00000210. The van der Waals surface area contributed by atoms with Gasteiger partial charge in [0.2, 0.25) is 5.78 Å². The highest BCUT2D eigenvalue weighted by atomic mass is 79.9. The van der Waals surface area contributed by atoms with Gasteiger partial charge in [0.15, 0.2) is 12.2 Å². The number of benzene rings is 2. The molecule has 3 nitrogen and oxygen atoms in total. The van der Waals surface area contributed by atoms with E-state index in [4.69, 9.17) is 0 Å². The summed E-state index contributed by atoms with van der Waals surface area (Å²) >= 11 is 6.89. The maximum absolute atomic E-state index is 12.9. The molecule has 0 spiro atoms. The molecule has 0 fully saturated rings. The highest BCUT2D eigenvalue weighted by Gasteiger charge is 2.21. The van der Waals surface area contributed by atoms with Crippen molar-refractivity contribution in [2.45, 2.75) is 6.54 Å². The van der Waals surface area contributed by atoms with Gasteiger partial charge in [-0.05, 0) is 42.5 Å². The van der Waals surface area contributed by atoms with Crippen molar-refractivity contribution < 1.29 is 21.6 Å². The Labute approximate surface area is 180 Å². The van der Waals surface area contributed by atoms with Gasteiger partial charge in [-0.25, -0.2) is 8.97 Å². The highest BCUT2D eigenvalue weighted by molar-refractivity contribution is 9.10. The SMILES string of the molecule is O=C(Cn1c(-c2ccc(Br)cc2)c[n+]2ccccc12)c1ccc(Br)cc1.[Cl-]. The van der Waals surface area contributed by atoms with Gasteiger partial charge in [0, 0.05) is 26.1 Å². The predicted molar refractivity (Wildman–Crippen MR) is 109 cm³/mol. The molecule has 2 aromatic heterocycles. The summed E-state index contributed by atoms with van der Waals surface area (Å²) in [5, 5.41) is 0. The van der Waals surface area contributed by atoms with Crippen molar-refractivity contribution in [1.82, 2.24) is 4.57 Å². The number of nitrogens with zero attached hydrogens (tertiary/aromatic N) is 2. The maximum Gasteiger partial charge on any atom is 0.287 e. The first-order chi connectivity index (χ1) is 12.6. The second-order valence-electron chi connectivity index (χ2n) is 6.00. The van der Waals surface area contributed by atoms with Gasteiger partial charge in [-0.15, -0.1) is 0 Å². The number of aromatic nitrogens is 2. The van der Waals surface area contributed by atoms with E-state index in [9.17, 15) is 4.79 Å². The second-order valence-corrected chi connectivity index (χ2v) is 7.83. The summed E-state index contributed by atoms with van der Waals surface area (Å²) in [5.74, 6) is 0.0813. The zero-order valence-electron chi connectivity index (χ0n) is 14.1. The number of hydrogen-bond acceptors (Lipinski definition) is 1. The predicted octanol–water partition coefficient (Wildman–Crippen LogP) is 2.31. The van der Waals surface area contributed by atoms with Gasteiger partial charge in [-0.2, -0.15) is 0 Å². The van der Waals surface area contributed by atoms with E-state index in [0.717, 1.165) is 25.8 Å². The van der Waals surface area contributed by atoms with E-state index in [1.807, 2.05) is 65.2 Å². The van der Waals surface area contributed by atoms with E-state index in [0.29, 0.717) is 5.56 Å². The lowest BCUT2D eigenvalue weighted by Gasteiger charge is -2.04. The molecule has 6 heteroatoms. The fraction of sp³-hybridized carbons (Fsp3) is 0.0476. The molecule has 2 aromatic carbocycles. The van der Waals surface area contributed by atoms with Crippen molar-refractivity contribution in [3.63, 3.8) is 0 Å². The zero-order chi connectivity index (χ0) is 18.1. The Kier molecular flexibility index (Phi) is 6.15. The summed E-state index contributed by atoms with van der Waals surface area (Å²) in [6, 6.07) is 21.6. The van der Waals surface area contributed by atoms with Crippen LogP contribution in [0.3, 0.4) is 0 Å². The first-order valence-electron chi connectivity index (χ1n) is 8.16. The van der Waals surface area contributed by atoms with Crippen LogP contribution in [0.25, 0.3) is 16.9 Å². The quantitative estimate of drug-likeness (QED) is 0.308. The molecule has 0 saturated carbocycles. The van der Waals surface area contributed by atoms with Crippen LogP contribution < -0.4 is 16.8 Å². The normalized spacial score (nSPS) is 10.6. The van der Waals surface area contributed by atoms with Crippen LogP contribution in [0.4, 0.5) is 0 Å². The van der Waals surface area contributed by atoms with Crippen LogP contribution in [0.1, 0.15) is 10.4 Å². The molecule has 0 unspecified atom stereocenters. The highest BCUT2D eigenvalue weighted by Crippen LogP contribution is 2.23. The molecule has 27 heavy (non-hydrogen) atoms. The Bertz CT molecular complexity index is 1090. The molecule has 136 valence electrons. The van der Waals surface area contributed by atoms with Crippen LogP contribution in [0.2, 0.25) is 0 Å². The smallest absolute Gasteiger partial charge is 0.287 e. The number of ketones is 1. The molecule has 0 saturated heterocycles. The Morgan fingerprint density at radius 3 is 2.19 bits per heavy atom. The molecular weight excluding hydrogens is 492 g/mol. The van der Waals surface area contributed by atoms with Gasteiger partial charge in [0.1, 0.15) is 6.20 Å². The lowest BCUT2D eigenvalue weighted by molar-refractivity contribution is -0.510. The largest absolute Gasteiger partial charge is 1.00 e. The minimum absolute atomic E-state index is 0. The fourth-order valence-electron chi connectivity index (χ4n) is 3.00. The molecule has 2 heterocycles. The van der Waals surface area contributed by atoms with Crippen molar-refractivity contribution >= 4 is 43.3 Å². The van der Waals surface area contributed by atoms with Crippen molar-refractivity contribution in [2.75, 3.05) is 0 Å². The van der Waals surface area contributed by atoms with Gasteiger partial charge < -0.3 is 12.4 Å². The van der Waals surface area contributed by atoms with E-state index < -0.39 is 0 Å². The van der Waals surface area contributed by atoms with Crippen LogP contribution in [0.5, 0.6) is 0 Å². The van der Waals surface area contributed by atoms with Gasteiger partial charge in [0.05, 0.1) is 6.20 Å². The summed E-state index contributed by atoms with van der Waals surface area (Å²) in [6.45, 7) is 0.285.